The first kappa shape index (κ1) is 26.7. The van der Waals surface area contributed by atoms with Gasteiger partial charge in [0.15, 0.2) is 0 Å². The van der Waals surface area contributed by atoms with Crippen LogP contribution in [0.3, 0.4) is 0 Å². The minimum absolute atomic E-state index is 0.146. The first-order valence-corrected chi connectivity index (χ1v) is 14.7. The van der Waals surface area contributed by atoms with E-state index in [2.05, 4.69) is 34.5 Å². The summed E-state index contributed by atoms with van der Waals surface area (Å²) in [6.45, 7) is 3.91. The van der Waals surface area contributed by atoms with Gasteiger partial charge < -0.3 is 5.32 Å². The number of likely N-dealkylation sites (tertiary alicyclic amines) is 1. The van der Waals surface area contributed by atoms with Gasteiger partial charge in [0.1, 0.15) is 0 Å². The van der Waals surface area contributed by atoms with Crippen LogP contribution in [-0.4, -0.2) is 32.3 Å². The standard InChI is InChI=1S/C32H33N3O3S/c36-32(33-23-26-13-15-27(16-14-26)24-34-21-7-8-22-34)29-19-17-28(18-20-29)25-35(30-9-3-1-4-10-30)39(37,38)31-11-5-2-6-12-31/h1-6,9-20H,7-8,21-25H2,(H,33,36). The average molecular weight is 540 g/mol. The number of sulfonamides is 1. The molecular formula is C32H33N3O3S. The summed E-state index contributed by atoms with van der Waals surface area (Å²) < 4.78 is 28.4. The second kappa shape index (κ2) is 12.3. The van der Waals surface area contributed by atoms with Crippen molar-refractivity contribution in [1.29, 1.82) is 0 Å². The number of hydrogen-bond donors (Lipinski definition) is 1. The second-order valence-corrected chi connectivity index (χ2v) is 11.7. The lowest BCUT2D eigenvalue weighted by atomic mass is 10.1. The van der Waals surface area contributed by atoms with Crippen molar-refractivity contribution in [2.75, 3.05) is 17.4 Å². The molecule has 6 nitrogen and oxygen atoms in total. The van der Waals surface area contributed by atoms with E-state index >= 15 is 0 Å². The van der Waals surface area contributed by atoms with Crippen molar-refractivity contribution in [3.8, 4) is 0 Å². The largest absolute Gasteiger partial charge is 0.348 e. The molecule has 0 aromatic heterocycles. The van der Waals surface area contributed by atoms with Crippen LogP contribution < -0.4 is 9.62 Å². The number of hydrogen-bond acceptors (Lipinski definition) is 4. The van der Waals surface area contributed by atoms with Gasteiger partial charge >= 0.3 is 0 Å². The van der Waals surface area contributed by atoms with Gasteiger partial charge in [-0.1, -0.05) is 72.8 Å². The summed E-state index contributed by atoms with van der Waals surface area (Å²) in [6, 6.07) is 33.0. The minimum Gasteiger partial charge on any atom is -0.348 e. The zero-order valence-electron chi connectivity index (χ0n) is 21.9. The number of carbonyl (C=O) groups is 1. The Bertz CT molecular complexity index is 1470. The molecule has 0 bridgehead atoms. The highest BCUT2D eigenvalue weighted by atomic mass is 32.2. The molecule has 1 fully saturated rings. The molecule has 1 heterocycles. The fraction of sp³-hybridized carbons (Fsp3) is 0.219. The summed E-state index contributed by atoms with van der Waals surface area (Å²) >= 11 is 0. The quantitative estimate of drug-likeness (QED) is 0.285. The van der Waals surface area contributed by atoms with Crippen LogP contribution in [0.2, 0.25) is 0 Å². The Morgan fingerprint density at radius 3 is 1.92 bits per heavy atom. The summed E-state index contributed by atoms with van der Waals surface area (Å²) in [6.07, 6.45) is 2.56. The second-order valence-electron chi connectivity index (χ2n) is 9.84. The average Bonchev–Trinajstić information content (AvgIpc) is 3.49. The van der Waals surface area contributed by atoms with E-state index in [1.165, 1.54) is 35.8 Å². The van der Waals surface area contributed by atoms with E-state index < -0.39 is 10.0 Å². The molecule has 0 radical (unpaired) electrons. The molecule has 0 saturated carbocycles. The maximum absolute atomic E-state index is 13.5. The molecule has 5 rings (SSSR count). The lowest BCUT2D eigenvalue weighted by Crippen LogP contribution is -2.30. The van der Waals surface area contributed by atoms with Crippen LogP contribution in [0.15, 0.2) is 114 Å². The van der Waals surface area contributed by atoms with Gasteiger partial charge in [-0.3, -0.25) is 14.0 Å². The summed E-state index contributed by atoms with van der Waals surface area (Å²) in [5.41, 5.74) is 4.23. The van der Waals surface area contributed by atoms with E-state index in [4.69, 9.17) is 0 Å². The van der Waals surface area contributed by atoms with E-state index in [0.717, 1.165) is 17.7 Å². The van der Waals surface area contributed by atoms with Gasteiger partial charge in [-0.25, -0.2) is 8.42 Å². The molecule has 4 aromatic rings. The molecule has 1 saturated heterocycles. The zero-order valence-corrected chi connectivity index (χ0v) is 22.7. The number of carbonyl (C=O) groups excluding carboxylic acids is 1. The predicted molar refractivity (Wildman–Crippen MR) is 155 cm³/mol. The summed E-state index contributed by atoms with van der Waals surface area (Å²) in [4.78, 5) is 15.5. The molecule has 1 N–H and O–H groups in total. The molecular weight excluding hydrogens is 506 g/mol. The molecule has 1 aliphatic heterocycles. The first-order valence-electron chi connectivity index (χ1n) is 13.3. The van der Waals surface area contributed by atoms with Crippen molar-refractivity contribution in [1.82, 2.24) is 10.2 Å². The van der Waals surface area contributed by atoms with Crippen molar-refractivity contribution >= 4 is 21.6 Å². The van der Waals surface area contributed by atoms with Crippen LogP contribution in [0.1, 0.15) is 39.9 Å². The number of benzene rings is 4. The Hall–Kier alpha value is -3.94. The van der Waals surface area contributed by atoms with Crippen molar-refractivity contribution in [2.24, 2.45) is 0 Å². The monoisotopic (exact) mass is 539 g/mol. The highest BCUT2D eigenvalue weighted by molar-refractivity contribution is 7.92. The van der Waals surface area contributed by atoms with E-state index in [1.54, 1.807) is 66.7 Å². The van der Waals surface area contributed by atoms with Crippen molar-refractivity contribution < 1.29 is 13.2 Å². The minimum atomic E-state index is -3.78. The maximum Gasteiger partial charge on any atom is 0.264 e. The van der Waals surface area contributed by atoms with Crippen LogP contribution in [-0.2, 0) is 29.7 Å². The van der Waals surface area contributed by atoms with Gasteiger partial charge in [0, 0.05) is 18.7 Å². The molecule has 0 unspecified atom stereocenters. The number of rotatable bonds is 10. The number of nitrogens with one attached hydrogen (secondary N) is 1. The van der Waals surface area contributed by atoms with Crippen molar-refractivity contribution in [3.63, 3.8) is 0 Å². The molecule has 1 amide bonds. The van der Waals surface area contributed by atoms with Crippen LogP contribution in [0.5, 0.6) is 0 Å². The summed E-state index contributed by atoms with van der Waals surface area (Å²) in [5, 5.41) is 2.98. The Morgan fingerprint density at radius 2 is 1.28 bits per heavy atom. The predicted octanol–water partition coefficient (Wildman–Crippen LogP) is 5.61. The van der Waals surface area contributed by atoms with Gasteiger partial charge in [0.05, 0.1) is 17.1 Å². The fourth-order valence-electron chi connectivity index (χ4n) is 4.80. The smallest absolute Gasteiger partial charge is 0.264 e. The number of nitrogens with zero attached hydrogens (tertiary/aromatic N) is 2. The molecule has 4 aromatic carbocycles. The Morgan fingerprint density at radius 1 is 0.718 bits per heavy atom. The van der Waals surface area contributed by atoms with Gasteiger partial charge in [-0.15, -0.1) is 0 Å². The van der Waals surface area contributed by atoms with E-state index in [-0.39, 0.29) is 17.3 Å². The van der Waals surface area contributed by atoms with Gasteiger partial charge in [-0.05, 0) is 79.0 Å². The Balaban J connectivity index is 1.23. The van der Waals surface area contributed by atoms with Crippen molar-refractivity contribution in [2.45, 2.75) is 37.4 Å². The topological polar surface area (TPSA) is 69.7 Å². The Kier molecular flexibility index (Phi) is 8.39. The Labute approximate surface area is 231 Å². The molecule has 0 aliphatic carbocycles. The van der Waals surface area contributed by atoms with Gasteiger partial charge in [0.2, 0.25) is 0 Å². The van der Waals surface area contributed by atoms with E-state index in [9.17, 15) is 13.2 Å². The van der Waals surface area contributed by atoms with Crippen LogP contribution in [0, 0.1) is 0 Å². The summed E-state index contributed by atoms with van der Waals surface area (Å²) in [7, 11) is -3.78. The third-order valence-corrected chi connectivity index (χ3v) is 8.79. The van der Waals surface area contributed by atoms with Crippen LogP contribution in [0.25, 0.3) is 0 Å². The third-order valence-electron chi connectivity index (χ3n) is 7.00. The zero-order chi connectivity index (χ0) is 27.1. The SMILES string of the molecule is O=C(NCc1ccc(CN2CCCC2)cc1)c1ccc(CN(c2ccccc2)S(=O)(=O)c2ccccc2)cc1. The lowest BCUT2D eigenvalue weighted by Gasteiger charge is -2.25. The molecule has 0 spiro atoms. The third kappa shape index (κ3) is 6.74. The highest BCUT2D eigenvalue weighted by Crippen LogP contribution is 2.26. The van der Waals surface area contributed by atoms with Crippen LogP contribution in [0.4, 0.5) is 5.69 Å². The first-order chi connectivity index (χ1) is 19.0. The molecule has 200 valence electrons. The van der Waals surface area contributed by atoms with Gasteiger partial charge in [0.25, 0.3) is 15.9 Å². The van der Waals surface area contributed by atoms with E-state index in [1.807, 2.05) is 18.2 Å². The number of para-hydroxylation sites is 1. The molecule has 0 atom stereocenters. The van der Waals surface area contributed by atoms with E-state index in [0.29, 0.717) is 17.8 Å². The lowest BCUT2D eigenvalue weighted by molar-refractivity contribution is 0.0951. The number of amides is 1. The molecule has 39 heavy (non-hydrogen) atoms. The normalized spacial score (nSPS) is 13.7. The highest BCUT2D eigenvalue weighted by Gasteiger charge is 2.25. The van der Waals surface area contributed by atoms with Crippen molar-refractivity contribution in [3.05, 3.63) is 131 Å². The number of anilines is 1. The summed E-state index contributed by atoms with van der Waals surface area (Å²) in [5.74, 6) is -0.167. The molecule has 7 heteroatoms. The maximum atomic E-state index is 13.5. The van der Waals surface area contributed by atoms with Gasteiger partial charge in [-0.2, -0.15) is 0 Å². The molecule has 1 aliphatic rings. The fourth-order valence-corrected chi connectivity index (χ4v) is 6.28. The van der Waals surface area contributed by atoms with Crippen LogP contribution >= 0.6 is 0 Å².